The summed E-state index contributed by atoms with van der Waals surface area (Å²) in [6.07, 6.45) is 1.45. The van der Waals surface area contributed by atoms with Crippen LogP contribution >= 0.6 is 0 Å². The van der Waals surface area contributed by atoms with Crippen LogP contribution in [0.25, 0.3) is 0 Å². The Labute approximate surface area is 73.4 Å². The van der Waals surface area contributed by atoms with Crippen LogP contribution in [0.3, 0.4) is 0 Å². The average Bonchev–Trinajstić information content (AvgIpc) is 2.72. The molecule has 0 bridgehead atoms. The number of aromatic nitrogens is 7. The number of hydrogen-bond acceptors (Lipinski definition) is 6. The first-order chi connectivity index (χ1) is 6.36. The molecule has 0 fully saturated rings. The average molecular weight is 180 g/mol. The van der Waals surface area contributed by atoms with E-state index in [0.29, 0.717) is 12.5 Å². The molecule has 2 N–H and O–H groups in total. The van der Waals surface area contributed by atoms with Gasteiger partial charge in [0.1, 0.15) is 12.2 Å². The Morgan fingerprint density at radius 2 is 2.54 bits per heavy atom. The third kappa shape index (κ3) is 1.60. The quantitative estimate of drug-likeness (QED) is 0.624. The second-order valence-corrected chi connectivity index (χ2v) is 2.41. The van der Waals surface area contributed by atoms with Gasteiger partial charge in [-0.3, -0.25) is 5.10 Å². The molecule has 68 valence electrons. The normalized spacial score (nSPS) is 10.2. The third-order valence-electron chi connectivity index (χ3n) is 1.50. The highest BCUT2D eigenvalue weighted by Gasteiger charge is 2.01. The molecule has 0 aliphatic carbocycles. The number of rotatable bonds is 3. The number of anilines is 1. The lowest BCUT2D eigenvalue weighted by Gasteiger charge is -1.99. The van der Waals surface area contributed by atoms with Crippen LogP contribution in [0.15, 0.2) is 6.33 Å². The summed E-state index contributed by atoms with van der Waals surface area (Å²) in [5.41, 5.74) is 0. The molecule has 0 amide bonds. The molecule has 0 atom stereocenters. The van der Waals surface area contributed by atoms with Gasteiger partial charge in [-0.2, -0.15) is 5.10 Å². The van der Waals surface area contributed by atoms with E-state index in [0.717, 1.165) is 5.82 Å². The van der Waals surface area contributed by atoms with Gasteiger partial charge < -0.3 is 5.32 Å². The van der Waals surface area contributed by atoms with Crippen molar-refractivity contribution in [2.45, 2.75) is 6.54 Å². The van der Waals surface area contributed by atoms with Crippen LogP contribution in [0.4, 0.5) is 5.95 Å². The van der Waals surface area contributed by atoms with Crippen molar-refractivity contribution in [3.8, 4) is 0 Å². The second-order valence-electron chi connectivity index (χ2n) is 2.41. The van der Waals surface area contributed by atoms with Crippen LogP contribution in [0.1, 0.15) is 5.82 Å². The first kappa shape index (κ1) is 7.65. The topological polar surface area (TPSA) is 97.2 Å². The molecular weight excluding hydrogens is 172 g/mol. The first-order valence-electron chi connectivity index (χ1n) is 3.67. The van der Waals surface area contributed by atoms with Crippen LogP contribution in [-0.2, 0) is 13.6 Å². The molecule has 0 spiro atoms. The fourth-order valence-electron chi connectivity index (χ4n) is 0.858. The molecule has 2 aromatic heterocycles. The molecule has 0 saturated carbocycles. The number of hydrogen-bond donors (Lipinski definition) is 2. The Bertz CT molecular complexity index is 362. The van der Waals surface area contributed by atoms with Gasteiger partial charge in [0.05, 0.1) is 6.54 Å². The molecular formula is C5H8N8. The van der Waals surface area contributed by atoms with Gasteiger partial charge >= 0.3 is 0 Å². The zero-order chi connectivity index (χ0) is 9.10. The van der Waals surface area contributed by atoms with E-state index in [2.05, 4.69) is 36.0 Å². The predicted molar refractivity (Wildman–Crippen MR) is 42.5 cm³/mol. The summed E-state index contributed by atoms with van der Waals surface area (Å²) >= 11 is 0. The number of aromatic amines is 1. The summed E-state index contributed by atoms with van der Waals surface area (Å²) in [5, 5.41) is 20.3. The largest absolute Gasteiger partial charge is 0.346 e. The van der Waals surface area contributed by atoms with Crippen molar-refractivity contribution in [3.05, 3.63) is 12.2 Å². The van der Waals surface area contributed by atoms with E-state index in [1.54, 1.807) is 7.05 Å². The van der Waals surface area contributed by atoms with E-state index in [1.165, 1.54) is 11.0 Å². The standard InChI is InChI=1S/C5H8N8/c1-13-5(10-11-12-13)6-2-4-7-3-8-9-4/h3H,2H2,1H3,(H,6,10,12)(H,7,8,9). The summed E-state index contributed by atoms with van der Waals surface area (Å²) in [7, 11) is 1.75. The Hall–Kier alpha value is -1.99. The van der Waals surface area contributed by atoms with Crippen LogP contribution in [0, 0.1) is 0 Å². The molecule has 0 radical (unpaired) electrons. The van der Waals surface area contributed by atoms with E-state index >= 15 is 0 Å². The molecule has 0 aliphatic heterocycles. The lowest BCUT2D eigenvalue weighted by molar-refractivity contribution is 0.711. The Kier molecular flexibility index (Phi) is 1.87. The SMILES string of the molecule is Cn1nnnc1NCc1ncn[nH]1. The summed E-state index contributed by atoms with van der Waals surface area (Å²) in [4.78, 5) is 3.94. The maximum Gasteiger partial charge on any atom is 0.243 e. The zero-order valence-electron chi connectivity index (χ0n) is 6.97. The van der Waals surface area contributed by atoms with E-state index in [1.807, 2.05) is 0 Å². The fourth-order valence-corrected chi connectivity index (χ4v) is 0.858. The Morgan fingerprint density at radius 3 is 3.15 bits per heavy atom. The first-order valence-corrected chi connectivity index (χ1v) is 3.67. The summed E-state index contributed by atoms with van der Waals surface area (Å²) < 4.78 is 1.54. The van der Waals surface area contributed by atoms with Gasteiger partial charge in [-0.05, 0) is 10.4 Å². The monoisotopic (exact) mass is 180 g/mol. The third-order valence-corrected chi connectivity index (χ3v) is 1.50. The van der Waals surface area contributed by atoms with Gasteiger partial charge in [0.25, 0.3) is 0 Å². The van der Waals surface area contributed by atoms with Crippen LogP contribution < -0.4 is 5.32 Å². The molecule has 2 heterocycles. The highest BCUT2D eigenvalue weighted by atomic mass is 15.6. The van der Waals surface area contributed by atoms with Crippen LogP contribution in [0.5, 0.6) is 0 Å². The van der Waals surface area contributed by atoms with Crippen molar-refractivity contribution in [2.75, 3.05) is 5.32 Å². The van der Waals surface area contributed by atoms with Gasteiger partial charge in [-0.25, -0.2) is 9.67 Å². The van der Waals surface area contributed by atoms with Crippen LogP contribution in [-0.4, -0.2) is 35.4 Å². The number of aryl methyl sites for hydroxylation is 1. The van der Waals surface area contributed by atoms with Crippen molar-refractivity contribution in [2.24, 2.45) is 7.05 Å². The number of nitrogens with zero attached hydrogens (tertiary/aromatic N) is 6. The summed E-state index contributed by atoms with van der Waals surface area (Å²) in [6.45, 7) is 0.522. The molecule has 8 nitrogen and oxygen atoms in total. The van der Waals surface area contributed by atoms with Crippen LogP contribution in [0.2, 0.25) is 0 Å². The van der Waals surface area contributed by atoms with Crippen molar-refractivity contribution in [1.82, 2.24) is 35.4 Å². The number of tetrazole rings is 1. The summed E-state index contributed by atoms with van der Waals surface area (Å²) in [5.74, 6) is 1.33. The Morgan fingerprint density at radius 1 is 1.62 bits per heavy atom. The van der Waals surface area contributed by atoms with Crippen molar-refractivity contribution in [3.63, 3.8) is 0 Å². The van der Waals surface area contributed by atoms with E-state index in [-0.39, 0.29) is 0 Å². The smallest absolute Gasteiger partial charge is 0.243 e. The molecule has 8 heteroatoms. The lowest BCUT2D eigenvalue weighted by atomic mass is 10.6. The molecule has 0 aromatic carbocycles. The van der Waals surface area contributed by atoms with Gasteiger partial charge in [-0.1, -0.05) is 5.10 Å². The summed E-state index contributed by atoms with van der Waals surface area (Å²) in [6, 6.07) is 0. The van der Waals surface area contributed by atoms with E-state index in [4.69, 9.17) is 0 Å². The van der Waals surface area contributed by atoms with Crippen molar-refractivity contribution < 1.29 is 0 Å². The minimum absolute atomic E-state index is 0.522. The van der Waals surface area contributed by atoms with Gasteiger partial charge in [-0.15, -0.1) is 0 Å². The van der Waals surface area contributed by atoms with Crippen molar-refractivity contribution in [1.29, 1.82) is 0 Å². The maximum absolute atomic E-state index is 3.94. The van der Waals surface area contributed by atoms with Gasteiger partial charge in [0, 0.05) is 7.05 Å². The van der Waals surface area contributed by atoms with Crippen molar-refractivity contribution >= 4 is 5.95 Å². The lowest BCUT2D eigenvalue weighted by Crippen LogP contribution is -2.06. The molecule has 0 saturated heterocycles. The molecule has 0 aliphatic rings. The molecule has 2 rings (SSSR count). The fraction of sp³-hybridized carbons (Fsp3) is 0.400. The van der Waals surface area contributed by atoms with E-state index < -0.39 is 0 Å². The van der Waals surface area contributed by atoms with E-state index in [9.17, 15) is 0 Å². The Balaban J connectivity index is 1.97. The highest BCUT2D eigenvalue weighted by Crippen LogP contribution is 1.97. The minimum Gasteiger partial charge on any atom is -0.346 e. The molecule has 13 heavy (non-hydrogen) atoms. The number of nitrogens with one attached hydrogen (secondary N) is 2. The number of H-pyrrole nitrogens is 1. The van der Waals surface area contributed by atoms with Gasteiger partial charge in [0.15, 0.2) is 0 Å². The highest BCUT2D eigenvalue weighted by molar-refractivity contribution is 5.20. The molecule has 0 unspecified atom stereocenters. The van der Waals surface area contributed by atoms with Gasteiger partial charge in [0.2, 0.25) is 5.95 Å². The second kappa shape index (κ2) is 3.17. The maximum atomic E-state index is 3.94. The predicted octanol–water partition coefficient (Wildman–Crippen LogP) is -1.06. The zero-order valence-corrected chi connectivity index (χ0v) is 6.97. The molecule has 2 aromatic rings. The minimum atomic E-state index is 0.522.